The van der Waals surface area contributed by atoms with E-state index in [4.69, 9.17) is 46.4 Å². The SMILES string of the molecule is O=S(=O)(C(Cl)(C=Cc1ccccc1)c1ccc(Cl)cc1)C(Cl)(C=Cc1ccccc1)c1ccc(Cl)cc1. The summed E-state index contributed by atoms with van der Waals surface area (Å²) in [6, 6.07) is 31.3. The Morgan fingerprint density at radius 1 is 0.514 bits per heavy atom. The molecule has 0 saturated heterocycles. The van der Waals surface area contributed by atoms with Gasteiger partial charge in [-0.3, -0.25) is 0 Å². The van der Waals surface area contributed by atoms with Gasteiger partial charge in [0, 0.05) is 10.0 Å². The zero-order valence-electron chi connectivity index (χ0n) is 19.4. The molecule has 2 nitrogen and oxygen atoms in total. The van der Waals surface area contributed by atoms with Crippen molar-refractivity contribution in [3.05, 3.63) is 154 Å². The van der Waals surface area contributed by atoms with Crippen molar-refractivity contribution in [3.8, 4) is 0 Å². The molecule has 0 heterocycles. The maximum atomic E-state index is 14.7. The van der Waals surface area contributed by atoms with Gasteiger partial charge in [-0.05, 0) is 58.7 Å². The second kappa shape index (κ2) is 11.5. The average Bonchev–Trinajstić information content (AvgIpc) is 2.92. The van der Waals surface area contributed by atoms with Crippen LogP contribution in [0.25, 0.3) is 12.2 Å². The fraction of sp³-hybridized carbons (Fsp3) is 0.0667. The number of hydrogen-bond acceptors (Lipinski definition) is 2. The minimum absolute atomic E-state index is 0.304. The van der Waals surface area contributed by atoms with E-state index in [1.807, 2.05) is 60.7 Å². The lowest BCUT2D eigenvalue weighted by Crippen LogP contribution is -2.40. The highest BCUT2D eigenvalue weighted by Crippen LogP contribution is 2.51. The van der Waals surface area contributed by atoms with Gasteiger partial charge in [0.1, 0.15) is 0 Å². The molecule has 2 unspecified atom stereocenters. The average molecular weight is 588 g/mol. The van der Waals surface area contributed by atoms with E-state index in [1.54, 1.807) is 60.7 Å². The summed E-state index contributed by atoms with van der Waals surface area (Å²) in [4.78, 5) is 0. The van der Waals surface area contributed by atoms with Gasteiger partial charge in [-0.1, -0.05) is 143 Å². The minimum atomic E-state index is -4.46. The van der Waals surface area contributed by atoms with Crippen LogP contribution in [0.1, 0.15) is 22.3 Å². The zero-order chi connectivity index (χ0) is 26.5. The van der Waals surface area contributed by atoms with Crippen molar-refractivity contribution in [2.75, 3.05) is 0 Å². The number of hydrogen-bond donors (Lipinski definition) is 0. The number of benzene rings is 4. The fourth-order valence-corrected chi connectivity index (χ4v) is 7.09. The Morgan fingerprint density at radius 2 is 0.838 bits per heavy atom. The molecule has 0 aliphatic carbocycles. The molecule has 37 heavy (non-hydrogen) atoms. The van der Waals surface area contributed by atoms with Crippen LogP contribution in [0, 0.1) is 0 Å². The van der Waals surface area contributed by atoms with Crippen LogP contribution < -0.4 is 0 Å². The van der Waals surface area contributed by atoms with Gasteiger partial charge in [0.15, 0.2) is 8.41 Å². The Balaban J connectivity index is 1.95. The zero-order valence-corrected chi connectivity index (χ0v) is 23.3. The van der Waals surface area contributed by atoms with Crippen molar-refractivity contribution in [3.63, 3.8) is 0 Å². The first-order valence-corrected chi connectivity index (χ1v) is 14.3. The van der Waals surface area contributed by atoms with Crippen molar-refractivity contribution in [1.82, 2.24) is 0 Å². The van der Waals surface area contributed by atoms with E-state index in [-0.39, 0.29) is 0 Å². The van der Waals surface area contributed by atoms with E-state index in [0.717, 1.165) is 11.1 Å². The van der Waals surface area contributed by atoms with Crippen molar-refractivity contribution in [1.29, 1.82) is 0 Å². The van der Waals surface area contributed by atoms with Crippen LogP contribution in [-0.4, -0.2) is 8.42 Å². The molecular weight excluding hydrogens is 566 g/mol. The van der Waals surface area contributed by atoms with Crippen LogP contribution in [0.4, 0.5) is 0 Å². The van der Waals surface area contributed by atoms with Crippen molar-refractivity contribution in [2.24, 2.45) is 0 Å². The molecular formula is C30H22Cl4O2S. The molecule has 0 N–H and O–H groups in total. The molecule has 2 atom stereocenters. The third-order valence-electron chi connectivity index (χ3n) is 5.84. The van der Waals surface area contributed by atoms with Gasteiger partial charge in [-0.2, -0.15) is 0 Å². The van der Waals surface area contributed by atoms with Gasteiger partial charge in [0.2, 0.25) is 9.84 Å². The lowest BCUT2D eigenvalue weighted by molar-refractivity contribution is 0.573. The predicted molar refractivity (Wildman–Crippen MR) is 158 cm³/mol. The Hall–Kier alpha value is -2.53. The third-order valence-corrected chi connectivity index (χ3v) is 10.6. The molecule has 4 rings (SSSR count). The van der Waals surface area contributed by atoms with Crippen LogP contribution in [-0.2, 0) is 18.2 Å². The molecule has 0 bridgehead atoms. The van der Waals surface area contributed by atoms with E-state index in [9.17, 15) is 8.42 Å². The Morgan fingerprint density at radius 3 is 1.16 bits per heavy atom. The molecule has 4 aromatic carbocycles. The van der Waals surface area contributed by atoms with Crippen molar-refractivity contribution >= 4 is 68.4 Å². The third kappa shape index (κ3) is 5.82. The maximum Gasteiger partial charge on any atom is 0.205 e. The van der Waals surface area contributed by atoms with Gasteiger partial charge >= 0.3 is 0 Å². The van der Waals surface area contributed by atoms with E-state index < -0.39 is 18.2 Å². The van der Waals surface area contributed by atoms with Crippen LogP contribution in [0.3, 0.4) is 0 Å². The van der Waals surface area contributed by atoms with E-state index in [0.29, 0.717) is 21.2 Å². The van der Waals surface area contributed by atoms with Crippen molar-refractivity contribution in [2.45, 2.75) is 8.41 Å². The van der Waals surface area contributed by atoms with Crippen LogP contribution in [0.15, 0.2) is 121 Å². The Labute approximate surface area is 237 Å². The summed E-state index contributed by atoms with van der Waals surface area (Å²) in [7, 11) is -4.46. The molecule has 0 aliphatic heterocycles. The monoisotopic (exact) mass is 586 g/mol. The van der Waals surface area contributed by atoms with Crippen molar-refractivity contribution < 1.29 is 8.42 Å². The molecule has 0 saturated carbocycles. The lowest BCUT2D eigenvalue weighted by atomic mass is 10.1. The number of sulfone groups is 1. The Bertz CT molecular complexity index is 1390. The molecule has 0 aliphatic rings. The molecule has 0 spiro atoms. The molecule has 4 aromatic rings. The summed E-state index contributed by atoms with van der Waals surface area (Å²) >= 11 is 26.5. The first kappa shape index (κ1) is 27.5. The standard InChI is InChI=1S/C30H22Cl4O2S/c31-27-15-11-25(12-16-27)29(33,21-19-23-7-3-1-4-8-23)37(35,36)30(34,26-13-17-28(32)18-14-26)22-20-24-9-5-2-6-10-24/h1-22H. The van der Waals surface area contributed by atoms with E-state index in [1.165, 1.54) is 12.2 Å². The second-order valence-corrected chi connectivity index (χ2v) is 13.1. The van der Waals surface area contributed by atoms with E-state index >= 15 is 0 Å². The van der Waals surface area contributed by atoms with Gasteiger partial charge in [-0.25, -0.2) is 8.42 Å². The summed E-state index contributed by atoms with van der Waals surface area (Å²) in [6.07, 6.45) is 6.23. The second-order valence-electron chi connectivity index (χ2n) is 8.30. The predicted octanol–water partition coefficient (Wildman–Crippen LogP) is 9.32. The molecule has 0 amide bonds. The quantitative estimate of drug-likeness (QED) is 0.192. The molecule has 188 valence electrons. The highest BCUT2D eigenvalue weighted by molar-refractivity contribution is 7.96. The molecule has 0 radical (unpaired) electrons. The minimum Gasteiger partial charge on any atom is -0.224 e. The normalized spacial score (nSPS) is 15.5. The van der Waals surface area contributed by atoms with Gasteiger partial charge in [-0.15, -0.1) is 0 Å². The lowest BCUT2D eigenvalue weighted by Gasteiger charge is -2.34. The summed E-state index contributed by atoms with van der Waals surface area (Å²) in [5.41, 5.74) is 2.17. The molecule has 7 heteroatoms. The van der Waals surface area contributed by atoms with Gasteiger partial charge in [0.05, 0.1) is 0 Å². The van der Waals surface area contributed by atoms with E-state index in [2.05, 4.69) is 0 Å². The first-order valence-electron chi connectivity index (χ1n) is 11.3. The van der Waals surface area contributed by atoms with Crippen LogP contribution in [0.2, 0.25) is 10.0 Å². The summed E-state index contributed by atoms with van der Waals surface area (Å²) in [5.74, 6) is 0. The Kier molecular flexibility index (Phi) is 8.52. The summed E-state index contributed by atoms with van der Waals surface area (Å²) in [6.45, 7) is 0. The van der Waals surface area contributed by atoms with Crippen LogP contribution in [0.5, 0.6) is 0 Å². The largest absolute Gasteiger partial charge is 0.224 e. The smallest absolute Gasteiger partial charge is 0.205 e. The highest BCUT2D eigenvalue weighted by Gasteiger charge is 2.54. The molecule has 0 aromatic heterocycles. The first-order chi connectivity index (χ1) is 17.7. The summed E-state index contributed by atoms with van der Waals surface area (Å²) in [5, 5.41) is 0.900. The topological polar surface area (TPSA) is 34.1 Å². The van der Waals surface area contributed by atoms with Gasteiger partial charge in [0.25, 0.3) is 0 Å². The molecule has 0 fully saturated rings. The number of halogens is 4. The van der Waals surface area contributed by atoms with Gasteiger partial charge < -0.3 is 0 Å². The highest BCUT2D eigenvalue weighted by atomic mass is 35.5. The maximum absolute atomic E-state index is 14.7. The number of rotatable bonds is 8. The fourth-order valence-electron chi connectivity index (χ4n) is 3.79. The summed E-state index contributed by atoms with van der Waals surface area (Å²) < 4.78 is 25.2. The number of alkyl halides is 2. The van der Waals surface area contributed by atoms with Crippen LogP contribution >= 0.6 is 46.4 Å².